The van der Waals surface area contributed by atoms with Crippen molar-refractivity contribution in [1.29, 1.82) is 0 Å². The van der Waals surface area contributed by atoms with E-state index in [4.69, 9.17) is 0 Å². The molecule has 29 heavy (non-hydrogen) atoms. The van der Waals surface area contributed by atoms with Crippen molar-refractivity contribution in [3.8, 4) is 11.5 Å². The summed E-state index contributed by atoms with van der Waals surface area (Å²) in [5, 5.41) is 19.5. The van der Waals surface area contributed by atoms with Gasteiger partial charge in [0.1, 0.15) is 11.5 Å². The van der Waals surface area contributed by atoms with E-state index >= 15 is 0 Å². The Morgan fingerprint density at radius 2 is 1.48 bits per heavy atom. The van der Waals surface area contributed by atoms with E-state index in [1.54, 1.807) is 6.07 Å². The van der Waals surface area contributed by atoms with Crippen molar-refractivity contribution in [2.24, 2.45) is 23.2 Å². The van der Waals surface area contributed by atoms with E-state index < -0.39 is 0 Å². The maximum atomic E-state index is 13.0. The Balaban J connectivity index is 1.22. The third-order valence-electron chi connectivity index (χ3n) is 7.72. The fourth-order valence-electron chi connectivity index (χ4n) is 6.86. The van der Waals surface area contributed by atoms with E-state index in [-0.39, 0.29) is 16.9 Å². The molecule has 0 unspecified atom stereocenters. The van der Waals surface area contributed by atoms with Crippen LogP contribution in [-0.4, -0.2) is 16.0 Å². The summed E-state index contributed by atoms with van der Waals surface area (Å²) in [6.45, 7) is 0. The molecule has 2 aromatic carbocycles. The quantitative estimate of drug-likeness (QED) is 0.493. The van der Waals surface area contributed by atoms with Gasteiger partial charge in [-0.3, -0.25) is 4.79 Å². The molecule has 2 aromatic rings. The van der Waals surface area contributed by atoms with Gasteiger partial charge in [0, 0.05) is 12.0 Å². The van der Waals surface area contributed by atoms with E-state index in [9.17, 15) is 15.0 Å². The maximum absolute atomic E-state index is 13.0. The molecule has 4 bridgehead atoms. The summed E-state index contributed by atoms with van der Waals surface area (Å²) in [6, 6.07) is 12.6. The van der Waals surface area contributed by atoms with E-state index in [1.807, 2.05) is 24.3 Å². The van der Waals surface area contributed by atoms with Crippen LogP contribution in [0.5, 0.6) is 11.5 Å². The summed E-state index contributed by atoms with van der Waals surface area (Å²) in [5.41, 5.74) is 3.01. The van der Waals surface area contributed by atoms with Crippen LogP contribution in [0, 0.1) is 23.2 Å². The summed E-state index contributed by atoms with van der Waals surface area (Å²) in [4.78, 5) is 13.0. The highest BCUT2D eigenvalue weighted by atomic mass is 16.3. The summed E-state index contributed by atoms with van der Waals surface area (Å²) in [5.74, 6) is 3.33. The van der Waals surface area contributed by atoms with Gasteiger partial charge in [0.25, 0.3) is 0 Å². The molecule has 2 N–H and O–H groups in total. The van der Waals surface area contributed by atoms with Crippen LogP contribution in [0.25, 0.3) is 0 Å². The highest BCUT2D eigenvalue weighted by Crippen LogP contribution is 2.61. The molecule has 4 aliphatic rings. The predicted octanol–water partition coefficient (Wildman–Crippen LogP) is 5.67. The highest BCUT2D eigenvalue weighted by molar-refractivity contribution is 5.96. The van der Waals surface area contributed by atoms with Crippen LogP contribution in [0.15, 0.2) is 42.5 Å². The number of Topliss-reactive ketones (excluding diaryl/α,β-unsaturated/α-hetero) is 1. The number of aryl methyl sites for hydroxylation is 2. The summed E-state index contributed by atoms with van der Waals surface area (Å²) in [7, 11) is 0. The number of hydrogen-bond donors (Lipinski definition) is 2. The average molecular weight is 391 g/mol. The van der Waals surface area contributed by atoms with Gasteiger partial charge in [-0.25, -0.2) is 0 Å². The first kappa shape index (κ1) is 18.7. The Hall–Kier alpha value is -2.29. The summed E-state index contributed by atoms with van der Waals surface area (Å²) < 4.78 is 0. The molecular weight excluding hydrogens is 360 g/mol. The molecule has 0 radical (unpaired) electrons. The SMILES string of the molecule is O=C(CC12CC3CC(CC(C3)C1)C2)c1ccc(CCc2cc(O)ccc2O)cc1. The molecule has 3 heteroatoms. The Morgan fingerprint density at radius 1 is 0.862 bits per heavy atom. The largest absolute Gasteiger partial charge is 0.508 e. The molecule has 4 saturated carbocycles. The number of carbonyl (C=O) groups excluding carboxylic acids is 1. The molecule has 152 valence electrons. The second-order valence-electron chi connectivity index (χ2n) is 10.0. The van der Waals surface area contributed by atoms with Gasteiger partial charge < -0.3 is 10.2 Å². The zero-order valence-electron chi connectivity index (χ0n) is 16.9. The lowest BCUT2D eigenvalue weighted by Gasteiger charge is -2.56. The van der Waals surface area contributed by atoms with Gasteiger partial charge in [-0.15, -0.1) is 0 Å². The third kappa shape index (κ3) is 3.80. The van der Waals surface area contributed by atoms with Crippen molar-refractivity contribution < 1.29 is 15.0 Å². The highest BCUT2D eigenvalue weighted by Gasteiger charge is 2.51. The zero-order chi connectivity index (χ0) is 20.0. The lowest BCUT2D eigenvalue weighted by atomic mass is 9.48. The maximum Gasteiger partial charge on any atom is 0.163 e. The standard InChI is InChI=1S/C26H30O3/c27-23-7-8-24(28)22(12-23)6-3-17-1-4-21(5-2-17)25(29)16-26-13-18-9-19(14-26)11-20(10-18)15-26/h1-2,4-5,7-8,12,18-20,27-28H,3,6,9-11,13-16H2. The lowest BCUT2D eigenvalue weighted by Crippen LogP contribution is -2.46. The second-order valence-corrected chi connectivity index (χ2v) is 10.0. The van der Waals surface area contributed by atoms with Crippen LogP contribution in [0.2, 0.25) is 0 Å². The molecule has 6 rings (SSSR count). The van der Waals surface area contributed by atoms with Crippen LogP contribution in [0.3, 0.4) is 0 Å². The molecule has 4 fully saturated rings. The van der Waals surface area contributed by atoms with Gasteiger partial charge in [-0.05, 0) is 104 Å². The van der Waals surface area contributed by atoms with E-state index in [0.717, 1.165) is 47.3 Å². The van der Waals surface area contributed by atoms with Crippen LogP contribution in [0.1, 0.15) is 66.4 Å². The number of carbonyl (C=O) groups is 1. The summed E-state index contributed by atoms with van der Waals surface area (Å²) >= 11 is 0. The number of benzene rings is 2. The number of rotatable bonds is 6. The Bertz CT molecular complexity index is 877. The van der Waals surface area contributed by atoms with Crippen molar-refractivity contribution in [2.75, 3.05) is 0 Å². The molecule has 4 aliphatic carbocycles. The first-order valence-corrected chi connectivity index (χ1v) is 11.1. The van der Waals surface area contributed by atoms with Crippen LogP contribution in [0.4, 0.5) is 0 Å². The van der Waals surface area contributed by atoms with Gasteiger partial charge >= 0.3 is 0 Å². The Morgan fingerprint density at radius 3 is 2.10 bits per heavy atom. The summed E-state index contributed by atoms with van der Waals surface area (Å²) in [6.07, 6.45) is 10.2. The smallest absolute Gasteiger partial charge is 0.163 e. The topological polar surface area (TPSA) is 57.5 Å². The molecular formula is C26H30O3. The molecule has 0 atom stereocenters. The van der Waals surface area contributed by atoms with Gasteiger partial charge in [-0.2, -0.15) is 0 Å². The van der Waals surface area contributed by atoms with Crippen molar-refractivity contribution >= 4 is 5.78 Å². The third-order valence-corrected chi connectivity index (χ3v) is 7.72. The molecule has 0 aromatic heterocycles. The van der Waals surface area contributed by atoms with Gasteiger partial charge in [0.05, 0.1) is 0 Å². The first-order chi connectivity index (χ1) is 14.0. The van der Waals surface area contributed by atoms with Crippen LogP contribution in [-0.2, 0) is 12.8 Å². The molecule has 0 saturated heterocycles. The fourth-order valence-corrected chi connectivity index (χ4v) is 6.86. The van der Waals surface area contributed by atoms with E-state index in [2.05, 4.69) is 0 Å². The molecule has 0 amide bonds. The predicted molar refractivity (Wildman–Crippen MR) is 113 cm³/mol. The molecule has 3 nitrogen and oxygen atoms in total. The zero-order valence-corrected chi connectivity index (χ0v) is 16.9. The van der Waals surface area contributed by atoms with Crippen LogP contribution >= 0.6 is 0 Å². The Kier molecular flexibility index (Phi) is 4.64. The minimum Gasteiger partial charge on any atom is -0.508 e. The normalized spacial score (nSPS) is 29.9. The second kappa shape index (κ2) is 7.19. The van der Waals surface area contributed by atoms with Gasteiger partial charge in [-0.1, -0.05) is 24.3 Å². The molecule has 0 heterocycles. The Labute approximate surface area is 172 Å². The van der Waals surface area contributed by atoms with Gasteiger partial charge in [0.2, 0.25) is 0 Å². The minimum atomic E-state index is 0.170. The number of phenolic OH excluding ortho intramolecular Hbond substituents is 2. The van der Waals surface area contributed by atoms with Crippen molar-refractivity contribution in [2.45, 2.75) is 57.8 Å². The van der Waals surface area contributed by atoms with Crippen LogP contribution < -0.4 is 0 Å². The molecule has 0 spiro atoms. The van der Waals surface area contributed by atoms with Gasteiger partial charge in [0.15, 0.2) is 5.78 Å². The lowest BCUT2D eigenvalue weighted by molar-refractivity contribution is -0.0524. The van der Waals surface area contributed by atoms with E-state index in [0.29, 0.717) is 12.2 Å². The number of aromatic hydroxyl groups is 2. The number of hydrogen-bond acceptors (Lipinski definition) is 3. The van der Waals surface area contributed by atoms with Crippen molar-refractivity contribution in [3.05, 3.63) is 59.2 Å². The van der Waals surface area contributed by atoms with Crippen molar-refractivity contribution in [1.82, 2.24) is 0 Å². The fraction of sp³-hybridized carbons (Fsp3) is 0.500. The minimum absolute atomic E-state index is 0.170. The number of phenols is 2. The number of ketones is 1. The van der Waals surface area contributed by atoms with Crippen molar-refractivity contribution in [3.63, 3.8) is 0 Å². The van der Waals surface area contributed by atoms with E-state index in [1.165, 1.54) is 50.7 Å². The first-order valence-electron chi connectivity index (χ1n) is 11.1. The average Bonchev–Trinajstić information content (AvgIpc) is 2.67. The monoisotopic (exact) mass is 390 g/mol. The molecule has 0 aliphatic heterocycles.